The predicted octanol–water partition coefficient (Wildman–Crippen LogP) is 2.59. The normalized spacial score (nSPS) is 11.8. The van der Waals surface area contributed by atoms with Crippen molar-refractivity contribution in [2.45, 2.75) is 27.3 Å². The van der Waals surface area contributed by atoms with Gasteiger partial charge in [-0.15, -0.1) is 0 Å². The van der Waals surface area contributed by atoms with Gasteiger partial charge in [-0.3, -0.25) is 9.48 Å². The molecule has 7 heteroatoms. The highest BCUT2D eigenvalue weighted by molar-refractivity contribution is 5.95. The summed E-state index contributed by atoms with van der Waals surface area (Å²) in [5, 5.41) is 7.41. The van der Waals surface area contributed by atoms with E-state index in [1.54, 1.807) is 12.1 Å². The summed E-state index contributed by atoms with van der Waals surface area (Å²) in [6.45, 7) is 7.36. The van der Waals surface area contributed by atoms with Crippen LogP contribution in [0.1, 0.15) is 28.7 Å². The van der Waals surface area contributed by atoms with Gasteiger partial charge in [-0.1, -0.05) is 6.92 Å². The Kier molecular flexibility index (Phi) is 6.49. The van der Waals surface area contributed by atoms with Crippen LogP contribution in [0.15, 0.2) is 18.2 Å². The fourth-order valence-corrected chi connectivity index (χ4v) is 2.80. The molecule has 0 aliphatic carbocycles. The predicted molar refractivity (Wildman–Crippen MR) is 99.3 cm³/mol. The topological polar surface area (TPSA) is 74.6 Å². The summed E-state index contributed by atoms with van der Waals surface area (Å²) < 4.78 is 17.8. The van der Waals surface area contributed by atoms with E-state index in [1.165, 1.54) is 21.3 Å². The Bertz CT molecular complexity index is 745. The van der Waals surface area contributed by atoms with Crippen LogP contribution in [0.4, 0.5) is 0 Å². The second-order valence-electron chi connectivity index (χ2n) is 6.34. The fraction of sp³-hybridized carbons (Fsp3) is 0.474. The molecule has 1 heterocycles. The van der Waals surface area contributed by atoms with Gasteiger partial charge in [0.1, 0.15) is 0 Å². The molecule has 1 amide bonds. The molecule has 1 aromatic carbocycles. The largest absolute Gasteiger partial charge is 0.493 e. The molecule has 2 aromatic rings. The van der Waals surface area contributed by atoms with E-state index in [0.717, 1.165) is 17.9 Å². The van der Waals surface area contributed by atoms with Crippen molar-refractivity contribution >= 4 is 5.91 Å². The number of carbonyl (C=O) groups is 1. The molecule has 0 radical (unpaired) electrons. The maximum absolute atomic E-state index is 12.5. The Morgan fingerprint density at radius 3 is 2.19 bits per heavy atom. The summed E-state index contributed by atoms with van der Waals surface area (Å²) in [5.41, 5.74) is 2.57. The van der Waals surface area contributed by atoms with E-state index >= 15 is 0 Å². The molecule has 0 bridgehead atoms. The average molecular weight is 361 g/mol. The molecule has 2 rings (SSSR count). The van der Waals surface area contributed by atoms with Crippen molar-refractivity contribution in [2.24, 2.45) is 5.92 Å². The third-order valence-corrected chi connectivity index (χ3v) is 4.13. The smallest absolute Gasteiger partial charge is 0.251 e. The molecule has 1 unspecified atom stereocenters. The van der Waals surface area contributed by atoms with Crippen LogP contribution in [0.25, 0.3) is 0 Å². The maximum Gasteiger partial charge on any atom is 0.251 e. The maximum atomic E-state index is 12.5. The molecule has 0 saturated heterocycles. The number of methoxy groups -OCH3 is 3. The summed E-state index contributed by atoms with van der Waals surface area (Å²) in [6.07, 6.45) is 0. The quantitative estimate of drug-likeness (QED) is 0.782. The highest BCUT2D eigenvalue weighted by Crippen LogP contribution is 2.38. The number of benzene rings is 1. The van der Waals surface area contributed by atoms with Gasteiger partial charge >= 0.3 is 0 Å². The van der Waals surface area contributed by atoms with Crippen LogP contribution in [0.5, 0.6) is 17.2 Å². The van der Waals surface area contributed by atoms with Gasteiger partial charge in [0, 0.05) is 24.3 Å². The first-order chi connectivity index (χ1) is 12.4. The molecule has 142 valence electrons. The van der Waals surface area contributed by atoms with E-state index in [1.807, 2.05) is 24.6 Å². The summed E-state index contributed by atoms with van der Waals surface area (Å²) in [6, 6.07) is 5.33. The molecule has 0 fully saturated rings. The van der Waals surface area contributed by atoms with Crippen molar-refractivity contribution in [3.05, 3.63) is 35.2 Å². The minimum Gasteiger partial charge on any atom is -0.493 e. The number of aryl methyl sites for hydroxylation is 2. The zero-order valence-corrected chi connectivity index (χ0v) is 16.3. The molecular formula is C19H27N3O4. The second-order valence-corrected chi connectivity index (χ2v) is 6.34. The Morgan fingerprint density at radius 2 is 1.73 bits per heavy atom. The van der Waals surface area contributed by atoms with Gasteiger partial charge in [0.25, 0.3) is 5.91 Å². The van der Waals surface area contributed by atoms with Crippen molar-refractivity contribution in [1.29, 1.82) is 0 Å². The molecular weight excluding hydrogens is 334 g/mol. The van der Waals surface area contributed by atoms with Crippen molar-refractivity contribution in [2.75, 3.05) is 27.9 Å². The molecule has 0 spiro atoms. The van der Waals surface area contributed by atoms with Crippen molar-refractivity contribution in [3.63, 3.8) is 0 Å². The average Bonchev–Trinajstić information content (AvgIpc) is 2.95. The van der Waals surface area contributed by atoms with Crippen LogP contribution in [-0.4, -0.2) is 43.6 Å². The fourth-order valence-electron chi connectivity index (χ4n) is 2.80. The van der Waals surface area contributed by atoms with Gasteiger partial charge in [-0.25, -0.2) is 0 Å². The van der Waals surface area contributed by atoms with Gasteiger partial charge in [-0.05, 0) is 38.0 Å². The van der Waals surface area contributed by atoms with Crippen LogP contribution in [0.3, 0.4) is 0 Å². The van der Waals surface area contributed by atoms with E-state index in [2.05, 4.69) is 17.3 Å². The number of hydrogen-bond acceptors (Lipinski definition) is 5. The highest BCUT2D eigenvalue weighted by atomic mass is 16.5. The first kappa shape index (κ1) is 19.6. The molecule has 1 aromatic heterocycles. The molecule has 7 nitrogen and oxygen atoms in total. The lowest BCUT2D eigenvalue weighted by molar-refractivity contribution is 0.0945. The number of rotatable bonds is 8. The van der Waals surface area contributed by atoms with E-state index in [4.69, 9.17) is 14.2 Å². The standard InChI is InChI=1S/C19H27N3O4/c1-12(11-22-14(3)7-13(2)21-22)10-20-19(23)15-8-16(24-4)18(26-6)17(9-15)25-5/h7-9,12H,10-11H2,1-6H3,(H,20,23). The molecule has 1 atom stereocenters. The molecule has 0 aliphatic heterocycles. The SMILES string of the molecule is COc1cc(C(=O)NCC(C)Cn2nc(C)cc2C)cc(OC)c1OC. The minimum atomic E-state index is -0.190. The number of nitrogens with zero attached hydrogens (tertiary/aromatic N) is 2. The van der Waals surface area contributed by atoms with Crippen molar-refractivity contribution in [3.8, 4) is 17.2 Å². The number of hydrogen-bond donors (Lipinski definition) is 1. The van der Waals surface area contributed by atoms with Crippen LogP contribution in [0, 0.1) is 19.8 Å². The number of nitrogens with one attached hydrogen (secondary N) is 1. The first-order valence-electron chi connectivity index (χ1n) is 8.48. The van der Waals surface area contributed by atoms with E-state index in [9.17, 15) is 4.79 Å². The van der Waals surface area contributed by atoms with Crippen molar-refractivity contribution in [1.82, 2.24) is 15.1 Å². The van der Waals surface area contributed by atoms with Crippen LogP contribution in [0.2, 0.25) is 0 Å². The first-order valence-corrected chi connectivity index (χ1v) is 8.48. The Morgan fingerprint density at radius 1 is 1.12 bits per heavy atom. The van der Waals surface area contributed by atoms with Gasteiger partial charge in [0.15, 0.2) is 11.5 Å². The van der Waals surface area contributed by atoms with Crippen LogP contribution < -0.4 is 19.5 Å². The third kappa shape index (κ3) is 4.47. The monoisotopic (exact) mass is 361 g/mol. The number of carbonyl (C=O) groups excluding carboxylic acids is 1. The van der Waals surface area contributed by atoms with E-state index < -0.39 is 0 Å². The number of amides is 1. The summed E-state index contributed by atoms with van der Waals surface area (Å²) in [5.74, 6) is 1.41. The lowest BCUT2D eigenvalue weighted by Crippen LogP contribution is -2.30. The number of aromatic nitrogens is 2. The van der Waals surface area contributed by atoms with Crippen molar-refractivity contribution < 1.29 is 19.0 Å². The molecule has 1 N–H and O–H groups in total. The molecule has 26 heavy (non-hydrogen) atoms. The summed E-state index contributed by atoms with van der Waals surface area (Å²) >= 11 is 0. The lowest BCUT2D eigenvalue weighted by atomic mass is 10.1. The second kappa shape index (κ2) is 8.60. The van der Waals surface area contributed by atoms with Gasteiger partial charge in [0.05, 0.1) is 27.0 Å². The Labute approximate surface area is 154 Å². The minimum absolute atomic E-state index is 0.190. The zero-order valence-electron chi connectivity index (χ0n) is 16.3. The summed E-state index contributed by atoms with van der Waals surface area (Å²) in [4.78, 5) is 12.5. The van der Waals surface area contributed by atoms with Gasteiger partial charge in [0.2, 0.25) is 5.75 Å². The van der Waals surface area contributed by atoms with Gasteiger partial charge < -0.3 is 19.5 Å². The Hall–Kier alpha value is -2.70. The Balaban J connectivity index is 2.04. The third-order valence-electron chi connectivity index (χ3n) is 4.13. The van der Waals surface area contributed by atoms with Crippen LogP contribution in [-0.2, 0) is 6.54 Å². The molecule has 0 aliphatic rings. The molecule has 0 saturated carbocycles. The lowest BCUT2D eigenvalue weighted by Gasteiger charge is -2.16. The van der Waals surface area contributed by atoms with E-state index in [-0.39, 0.29) is 11.8 Å². The summed E-state index contributed by atoms with van der Waals surface area (Å²) in [7, 11) is 4.58. The van der Waals surface area contributed by atoms with Crippen LogP contribution >= 0.6 is 0 Å². The highest BCUT2D eigenvalue weighted by Gasteiger charge is 2.17. The van der Waals surface area contributed by atoms with E-state index in [0.29, 0.717) is 29.4 Å². The van der Waals surface area contributed by atoms with Gasteiger partial charge in [-0.2, -0.15) is 5.10 Å². The number of ether oxygens (including phenoxy) is 3. The zero-order chi connectivity index (χ0) is 19.3.